The summed E-state index contributed by atoms with van der Waals surface area (Å²) in [5.74, 6) is 2.14. The van der Waals surface area contributed by atoms with Crippen molar-refractivity contribution < 1.29 is 14.7 Å². The van der Waals surface area contributed by atoms with Crippen LogP contribution in [0.3, 0.4) is 0 Å². The van der Waals surface area contributed by atoms with Crippen molar-refractivity contribution in [2.24, 2.45) is 10.2 Å². The van der Waals surface area contributed by atoms with Crippen molar-refractivity contribution in [2.75, 3.05) is 13.1 Å². The lowest BCUT2D eigenvalue weighted by molar-refractivity contribution is -0.132. The van der Waals surface area contributed by atoms with E-state index in [0.717, 1.165) is 35.7 Å². The van der Waals surface area contributed by atoms with E-state index in [-0.39, 0.29) is 5.91 Å². The van der Waals surface area contributed by atoms with Crippen LogP contribution in [-0.2, 0) is 4.79 Å². The summed E-state index contributed by atoms with van der Waals surface area (Å²) in [5.41, 5.74) is 1.96. The summed E-state index contributed by atoms with van der Waals surface area (Å²) >= 11 is 0. The minimum absolute atomic E-state index is 0.146. The summed E-state index contributed by atoms with van der Waals surface area (Å²) in [6, 6.07) is 5.16. The summed E-state index contributed by atoms with van der Waals surface area (Å²) in [5, 5.41) is 18.4. The Morgan fingerprint density at radius 1 is 1.28 bits per heavy atom. The van der Waals surface area contributed by atoms with Gasteiger partial charge in [0.2, 0.25) is 5.91 Å². The number of hydrogen-bond acceptors (Lipinski definition) is 4. The number of likely N-dealkylation sites (tertiary alicyclic amines) is 1. The zero-order chi connectivity index (χ0) is 20.4. The van der Waals surface area contributed by atoms with Gasteiger partial charge in [0.15, 0.2) is 5.66 Å². The van der Waals surface area contributed by atoms with Gasteiger partial charge in [-0.3, -0.25) is 4.79 Å². The van der Waals surface area contributed by atoms with E-state index in [1.165, 1.54) is 0 Å². The fourth-order valence-electron chi connectivity index (χ4n) is 4.19. The number of carboxylic acids is 1. The highest BCUT2D eigenvalue weighted by Crippen LogP contribution is 2.38. The molecule has 1 aromatic heterocycles. The van der Waals surface area contributed by atoms with Crippen LogP contribution < -0.4 is 0 Å². The molecule has 4 rings (SSSR count). The van der Waals surface area contributed by atoms with Crippen LogP contribution in [0.1, 0.15) is 60.4 Å². The van der Waals surface area contributed by atoms with Crippen molar-refractivity contribution >= 4 is 22.8 Å². The Morgan fingerprint density at radius 2 is 2.03 bits per heavy atom. The van der Waals surface area contributed by atoms with Crippen molar-refractivity contribution in [3.63, 3.8) is 0 Å². The molecule has 1 amide bonds. The molecule has 0 radical (unpaired) electrons. The lowest BCUT2D eigenvalue weighted by atomic mass is 9.88. The molecule has 3 heterocycles. The van der Waals surface area contributed by atoms with Crippen molar-refractivity contribution in [3.05, 3.63) is 35.5 Å². The summed E-state index contributed by atoms with van der Waals surface area (Å²) in [4.78, 5) is 29.1. The van der Waals surface area contributed by atoms with Crippen LogP contribution in [0.4, 0.5) is 0 Å². The number of terminal acetylenes is 1. The summed E-state index contributed by atoms with van der Waals surface area (Å²) in [6.45, 7) is 1.42. The molecule has 2 aliphatic heterocycles. The highest BCUT2D eigenvalue weighted by molar-refractivity contribution is 5.94. The Morgan fingerprint density at radius 3 is 2.69 bits per heavy atom. The molecule has 2 aromatic rings. The number of aromatic carboxylic acids is 1. The van der Waals surface area contributed by atoms with Crippen LogP contribution in [0.25, 0.3) is 10.9 Å². The first-order valence-electron chi connectivity index (χ1n) is 10.0. The molecule has 7 nitrogen and oxygen atoms in total. The van der Waals surface area contributed by atoms with E-state index in [2.05, 4.69) is 21.1 Å². The van der Waals surface area contributed by atoms with Gasteiger partial charge in [-0.15, -0.1) is 12.3 Å². The minimum atomic E-state index is -0.923. The van der Waals surface area contributed by atoms with Gasteiger partial charge in [-0.05, 0) is 42.5 Å². The quantitative estimate of drug-likeness (QED) is 0.699. The van der Waals surface area contributed by atoms with Crippen LogP contribution in [0.2, 0.25) is 0 Å². The van der Waals surface area contributed by atoms with E-state index in [1.54, 1.807) is 12.1 Å². The first kappa shape index (κ1) is 19.2. The number of hydrogen-bond donors (Lipinski definition) is 2. The van der Waals surface area contributed by atoms with E-state index in [4.69, 9.17) is 6.42 Å². The zero-order valence-corrected chi connectivity index (χ0v) is 16.2. The molecular weight excluding hydrogens is 368 g/mol. The molecule has 7 heteroatoms. The molecular formula is C22H24N4O3. The Balaban J connectivity index is 1.34. The predicted molar refractivity (Wildman–Crippen MR) is 109 cm³/mol. The topological polar surface area (TPSA) is 98.1 Å². The van der Waals surface area contributed by atoms with Gasteiger partial charge in [0, 0.05) is 55.9 Å². The molecule has 1 aromatic carbocycles. The van der Waals surface area contributed by atoms with Gasteiger partial charge >= 0.3 is 5.97 Å². The standard InChI is InChI=1S/C22H24N4O3/c1-2-3-9-22(24-25-22)10-6-20(27)26-11-7-15(8-12-26)18-14-23-19-5-4-16(21(28)29)13-17(18)19/h1,4-5,13-15,23H,3,6-12H2,(H,28,29). The van der Waals surface area contributed by atoms with Gasteiger partial charge in [0.05, 0.1) is 5.56 Å². The number of amides is 1. The number of benzene rings is 1. The number of piperidine rings is 1. The third-order valence-corrected chi connectivity index (χ3v) is 6.04. The maximum Gasteiger partial charge on any atom is 0.335 e. The van der Waals surface area contributed by atoms with Gasteiger partial charge in [-0.2, -0.15) is 10.2 Å². The third-order valence-electron chi connectivity index (χ3n) is 6.04. The number of aromatic nitrogens is 1. The van der Waals surface area contributed by atoms with E-state index in [9.17, 15) is 14.7 Å². The molecule has 29 heavy (non-hydrogen) atoms. The van der Waals surface area contributed by atoms with Crippen LogP contribution in [0, 0.1) is 12.3 Å². The third kappa shape index (κ3) is 4.02. The van der Waals surface area contributed by atoms with E-state index in [1.807, 2.05) is 17.2 Å². The molecule has 1 saturated heterocycles. The lowest BCUT2D eigenvalue weighted by Gasteiger charge is -2.32. The fourth-order valence-corrected chi connectivity index (χ4v) is 4.19. The van der Waals surface area contributed by atoms with E-state index < -0.39 is 11.6 Å². The van der Waals surface area contributed by atoms with Gasteiger partial charge in [0.25, 0.3) is 0 Å². The molecule has 150 valence electrons. The summed E-state index contributed by atoms with van der Waals surface area (Å²) < 4.78 is 0. The molecule has 0 spiro atoms. The van der Waals surface area contributed by atoms with Gasteiger partial charge in [0.1, 0.15) is 0 Å². The normalized spacial score (nSPS) is 18.0. The molecule has 1 fully saturated rings. The Hall–Kier alpha value is -3.14. The zero-order valence-electron chi connectivity index (χ0n) is 16.2. The van der Waals surface area contributed by atoms with Crippen molar-refractivity contribution in [3.8, 4) is 12.3 Å². The molecule has 2 aliphatic rings. The second kappa shape index (κ2) is 7.70. The highest BCUT2D eigenvalue weighted by Gasteiger charge is 2.39. The maximum atomic E-state index is 12.6. The number of H-pyrrole nitrogens is 1. The molecule has 0 aliphatic carbocycles. The smallest absolute Gasteiger partial charge is 0.335 e. The average molecular weight is 392 g/mol. The lowest BCUT2D eigenvalue weighted by Crippen LogP contribution is -2.38. The number of carbonyl (C=O) groups is 2. The number of carbonyl (C=O) groups excluding carboxylic acids is 1. The van der Waals surface area contributed by atoms with Crippen molar-refractivity contribution in [1.29, 1.82) is 0 Å². The second-order valence-electron chi connectivity index (χ2n) is 7.85. The van der Waals surface area contributed by atoms with Crippen LogP contribution in [0.15, 0.2) is 34.6 Å². The van der Waals surface area contributed by atoms with Gasteiger partial charge in [-0.25, -0.2) is 4.79 Å². The van der Waals surface area contributed by atoms with Gasteiger partial charge < -0.3 is 15.0 Å². The van der Waals surface area contributed by atoms with Crippen LogP contribution in [-0.4, -0.2) is 45.6 Å². The Labute approximate surface area is 169 Å². The van der Waals surface area contributed by atoms with E-state index >= 15 is 0 Å². The molecule has 0 bridgehead atoms. The largest absolute Gasteiger partial charge is 0.478 e. The average Bonchev–Trinajstić information content (AvgIpc) is 3.39. The number of rotatable bonds is 7. The second-order valence-corrected chi connectivity index (χ2v) is 7.85. The Kier molecular flexibility index (Phi) is 5.10. The monoisotopic (exact) mass is 392 g/mol. The summed E-state index contributed by atoms with van der Waals surface area (Å²) in [7, 11) is 0. The first-order chi connectivity index (χ1) is 14.0. The van der Waals surface area contributed by atoms with Gasteiger partial charge in [-0.1, -0.05) is 0 Å². The molecule has 0 atom stereocenters. The molecule has 2 N–H and O–H groups in total. The molecule has 0 unspecified atom stereocenters. The highest BCUT2D eigenvalue weighted by atomic mass is 16.4. The minimum Gasteiger partial charge on any atom is -0.478 e. The molecule has 0 saturated carbocycles. The Bertz CT molecular complexity index is 1000. The van der Waals surface area contributed by atoms with E-state index in [0.29, 0.717) is 43.8 Å². The van der Waals surface area contributed by atoms with Crippen LogP contribution in [0.5, 0.6) is 0 Å². The maximum absolute atomic E-state index is 12.6. The fraction of sp³-hybridized carbons (Fsp3) is 0.455. The number of nitrogens with zero attached hydrogens (tertiary/aromatic N) is 3. The number of aromatic amines is 1. The van der Waals surface area contributed by atoms with Crippen molar-refractivity contribution in [2.45, 2.75) is 50.1 Å². The first-order valence-corrected chi connectivity index (χ1v) is 10.0. The number of carboxylic acid groups (broad SMARTS) is 1. The SMILES string of the molecule is C#CCCC1(CCC(=O)N2CCC(c3c[nH]c4ccc(C(=O)O)cc34)CC2)N=N1. The number of nitrogens with one attached hydrogen (secondary N) is 1. The predicted octanol–water partition coefficient (Wildman–Crippen LogP) is 3.93. The summed E-state index contributed by atoms with van der Waals surface area (Å²) in [6.07, 6.45) is 11.4. The van der Waals surface area contributed by atoms with Crippen molar-refractivity contribution in [1.82, 2.24) is 9.88 Å². The van der Waals surface area contributed by atoms with Crippen LogP contribution >= 0.6 is 0 Å². The number of fused-ring (bicyclic) bond motifs is 1.